The number of hydrogen-bond donors (Lipinski definition) is 8. The molecule has 4 amide bonds. The predicted octanol–water partition coefficient (Wildman–Crippen LogP) is 18.2. The first-order valence-corrected chi connectivity index (χ1v) is 47.4. The van der Waals surface area contributed by atoms with Crippen LogP contribution in [0.4, 0.5) is 22.7 Å². The second kappa shape index (κ2) is 44.3. The van der Waals surface area contributed by atoms with Crippen LogP contribution in [-0.2, 0) is 44.9 Å². The van der Waals surface area contributed by atoms with Crippen LogP contribution < -0.4 is 21.3 Å². The number of carbonyl (C=O) groups is 4. The molecule has 4 atom stereocenters. The van der Waals surface area contributed by atoms with E-state index in [-0.39, 0.29) is 128 Å². The number of amides is 4. The molecule has 680 valence electrons. The summed E-state index contributed by atoms with van der Waals surface area (Å²) >= 11 is 0. The van der Waals surface area contributed by atoms with Crippen LogP contribution in [0.25, 0.3) is 0 Å². The van der Waals surface area contributed by atoms with Crippen molar-refractivity contribution in [2.75, 3.05) is 99.8 Å². The van der Waals surface area contributed by atoms with Gasteiger partial charge in [-0.05, 0) is 264 Å². The molecule has 8 bridgehead atoms. The van der Waals surface area contributed by atoms with E-state index in [9.17, 15) is 30.0 Å². The van der Waals surface area contributed by atoms with Crippen molar-refractivity contribution >= 4 is 124 Å². The summed E-state index contributed by atoms with van der Waals surface area (Å²) in [7, 11) is 0. The molecule has 0 radical (unpaired) electrons. The van der Waals surface area contributed by atoms with Gasteiger partial charge >= 0.3 is 0 Å². The molecule has 20 nitrogen and oxygen atoms in total. The van der Waals surface area contributed by atoms with Gasteiger partial charge < -0.3 is 60.5 Å². The molecule has 0 spiro atoms. The molecule has 20 rings (SSSR count). The molecule has 14 fully saturated rings. The lowest BCUT2D eigenvalue weighted by Gasteiger charge is -2.57. The third-order valence-corrected chi connectivity index (χ3v) is 30.8. The minimum atomic E-state index is -0.186. The fourth-order valence-corrected chi connectivity index (χ4v) is 25.9. The number of nitrogens with zero attached hydrogens (tertiary/aromatic N) is 8. The number of nitrogens with one attached hydrogen (secondary N) is 8. The number of hydrogen-bond acceptors (Lipinski definition) is 8. The van der Waals surface area contributed by atoms with E-state index in [1.165, 1.54) is 176 Å². The molecule has 6 aromatic carbocycles. The molecule has 8 N–H and O–H groups in total. The summed E-state index contributed by atoms with van der Waals surface area (Å²) in [5, 5.41) is 49.1. The van der Waals surface area contributed by atoms with Gasteiger partial charge in [0.2, 0.25) is 23.6 Å². The van der Waals surface area contributed by atoms with Crippen LogP contribution >= 0.6 is 54.0 Å². The molecule has 0 aromatic heterocycles. The maximum atomic E-state index is 13.6. The average Bonchev–Trinajstić information content (AvgIpc) is 1.42. The van der Waals surface area contributed by atoms with E-state index < -0.39 is 0 Å². The van der Waals surface area contributed by atoms with E-state index in [0.29, 0.717) is 83.6 Å². The summed E-state index contributed by atoms with van der Waals surface area (Å²) in [4.78, 5) is 70.9. The summed E-state index contributed by atoms with van der Waals surface area (Å²) in [5.41, 5.74) is 8.44. The third kappa shape index (κ3) is 24.4. The normalized spacial score (nSPS) is 26.4. The molecule has 0 unspecified atom stereocenters. The number of carbonyl (C=O) groups excluding carboxylic acids is 4. The number of anilines is 4. The first-order valence-electron chi connectivity index (χ1n) is 47.4. The monoisotopic (exact) mass is 1790 g/mol. The molecule has 4 saturated heterocycles. The minimum absolute atomic E-state index is 0. The van der Waals surface area contributed by atoms with Crippen LogP contribution in [0.5, 0.6) is 0 Å². The van der Waals surface area contributed by atoms with Gasteiger partial charge in [-0.2, -0.15) is 54.0 Å². The van der Waals surface area contributed by atoms with Crippen molar-refractivity contribution in [1.82, 2.24) is 39.2 Å². The van der Waals surface area contributed by atoms with Crippen molar-refractivity contribution < 1.29 is 19.2 Å². The van der Waals surface area contributed by atoms with Gasteiger partial charge in [-0.3, -0.25) is 40.8 Å². The zero-order chi connectivity index (χ0) is 83.5. The highest BCUT2D eigenvalue weighted by Crippen LogP contribution is 2.63. The molecule has 126 heavy (non-hydrogen) atoms. The van der Waals surface area contributed by atoms with Crippen LogP contribution in [0.1, 0.15) is 202 Å². The van der Waals surface area contributed by atoms with Crippen molar-refractivity contribution in [3.63, 3.8) is 0 Å². The van der Waals surface area contributed by atoms with E-state index in [4.69, 9.17) is 10.8 Å². The standard InChI is InChI=1S/C54H70N8O2.C48H66N8O2.4H2S/c55-51-59(33-47(25-37-7-3-1-4-8-37)61(51)17-15-53-27-39-19-40(28-53)21-41(20-39)29-53)35-49(63)57-45-11-13-46(14-12-45)58-50(64)36-60-34-48(26-38-9-5-2-6-10-38)62(52(60)56)18-16-54-30-42-22-43(31-54)24-44(23-42)32-54;49-47-53(33-43(30-39-20-9-3-10-21-39)55(47)28-14-24-37-16-5-1-6-17-37)35-45(57)51-41-26-13-27-42(32-41)52-46(58)36-54-34-44(31-40-22-11-4-12-23-40)56(48(54)50)29-15-25-38-18-7-2-8-19-38;;;;/h1-14,39-44,47-48,55-56H,15-36H2,(H,57,63)(H,58,64);3-4,9-13,20-23,26-27,32,37-38,43-44,49-50H,1-2,5-8,14-19,24-25,28-31,33-36H2,(H,51,57)(H,52,58);4*1H2/t39?,40?,41?,42?,43?,44?,47-,48-,53?,54?;43-,44-;;;;/m00..../s1. The molecule has 4 aliphatic heterocycles. The van der Waals surface area contributed by atoms with E-state index >= 15 is 0 Å². The zero-order valence-corrected chi connectivity index (χ0v) is 78.4. The van der Waals surface area contributed by atoms with E-state index in [1.807, 2.05) is 74.2 Å². The van der Waals surface area contributed by atoms with Crippen LogP contribution in [-0.4, -0.2) is 189 Å². The van der Waals surface area contributed by atoms with Crippen molar-refractivity contribution in [2.45, 2.75) is 230 Å². The first kappa shape index (κ1) is 95.3. The highest BCUT2D eigenvalue weighted by molar-refractivity contribution is 7.59. The predicted molar refractivity (Wildman–Crippen MR) is 531 cm³/mol. The molecule has 6 aromatic rings. The first-order chi connectivity index (χ1) is 59.5. The highest BCUT2D eigenvalue weighted by atomic mass is 32.1. The van der Waals surface area contributed by atoms with Gasteiger partial charge in [-0.1, -0.05) is 192 Å². The van der Waals surface area contributed by atoms with Crippen LogP contribution in [0.3, 0.4) is 0 Å². The van der Waals surface area contributed by atoms with Gasteiger partial charge in [0.1, 0.15) is 26.2 Å². The lowest BCUT2D eigenvalue weighted by atomic mass is 9.49. The van der Waals surface area contributed by atoms with Crippen molar-refractivity contribution in [3.8, 4) is 0 Å². The molecular weight excluding hydrogens is 1640 g/mol. The maximum absolute atomic E-state index is 13.6. The zero-order valence-electron chi connectivity index (χ0n) is 74.4. The van der Waals surface area contributed by atoms with Crippen LogP contribution in [0.2, 0.25) is 0 Å². The summed E-state index contributed by atoms with van der Waals surface area (Å²) in [6.45, 7) is 6.51. The van der Waals surface area contributed by atoms with Crippen molar-refractivity contribution in [1.29, 1.82) is 21.6 Å². The molecule has 10 saturated carbocycles. The molecule has 10 aliphatic carbocycles. The Morgan fingerprint density at radius 1 is 0.310 bits per heavy atom. The summed E-state index contributed by atoms with van der Waals surface area (Å²) in [6, 6.07) is 57.4. The minimum Gasteiger partial charge on any atom is -0.338 e. The SMILES string of the molecule is N=C1N(CC(=O)Nc2ccc(NC(=O)CN3C[C@H](Cc4ccccc4)N(CCC45CC6CC(CC(C6)C4)C5)C3=N)cc2)C[C@H](Cc2ccccc2)N1CCC12CC3CC(CC(C3)C1)C2.N=C1N(CC(=O)Nc2cccc(NC(=O)CN3C[C@H](Cc4ccccc4)N(CCCC4CCCCC4)C3=N)c2)C[C@H](Cc2ccccc2)N1CCCC1CCCCC1.S.S.S.S. The summed E-state index contributed by atoms with van der Waals surface area (Å²) in [6.07, 6.45) is 40.6. The van der Waals surface area contributed by atoms with E-state index in [0.717, 1.165) is 125 Å². The maximum Gasteiger partial charge on any atom is 0.244 e. The number of rotatable bonds is 34. The Kier molecular flexibility index (Phi) is 33.5. The molecule has 14 aliphatic rings. The Hall–Kier alpha value is -8.32. The van der Waals surface area contributed by atoms with Gasteiger partial charge in [-0.15, -0.1) is 0 Å². The Balaban J connectivity index is 0.000000210. The third-order valence-electron chi connectivity index (χ3n) is 30.8. The quantitative estimate of drug-likeness (QED) is 0.0188. The Morgan fingerprint density at radius 3 is 0.833 bits per heavy atom. The van der Waals surface area contributed by atoms with Crippen molar-refractivity contribution in [3.05, 3.63) is 192 Å². The largest absolute Gasteiger partial charge is 0.338 e. The van der Waals surface area contributed by atoms with Gasteiger partial charge in [0, 0.05) is 75.1 Å². The fourth-order valence-electron chi connectivity index (χ4n) is 25.9. The number of benzene rings is 6. The molecule has 4 heterocycles. The topological polar surface area (TPSA) is 238 Å². The molecular formula is C102H144N16O4S4. The van der Waals surface area contributed by atoms with E-state index in [1.54, 1.807) is 6.07 Å². The van der Waals surface area contributed by atoms with Gasteiger partial charge in [0.25, 0.3) is 0 Å². The second-order valence-electron chi connectivity index (χ2n) is 39.9. The lowest BCUT2D eigenvalue weighted by molar-refractivity contribution is -0.117. The van der Waals surface area contributed by atoms with Gasteiger partial charge in [0.05, 0.1) is 24.2 Å². The van der Waals surface area contributed by atoms with Crippen molar-refractivity contribution in [2.24, 2.45) is 58.2 Å². The summed E-state index contributed by atoms with van der Waals surface area (Å²) < 4.78 is 0. The average molecular weight is 1790 g/mol. The van der Waals surface area contributed by atoms with E-state index in [2.05, 4.69) is 150 Å². The molecule has 24 heteroatoms. The van der Waals surface area contributed by atoms with Gasteiger partial charge in [-0.25, -0.2) is 0 Å². The second-order valence-corrected chi connectivity index (χ2v) is 39.9. The highest BCUT2D eigenvalue weighted by Gasteiger charge is 2.53. The van der Waals surface area contributed by atoms with Crippen LogP contribution in [0, 0.1) is 79.8 Å². The lowest BCUT2D eigenvalue weighted by Crippen LogP contribution is -2.48. The fraction of sp³-hybridized carbons (Fsp3) is 0.569. The van der Waals surface area contributed by atoms with Gasteiger partial charge in [0.15, 0.2) is 23.8 Å². The Morgan fingerprint density at radius 2 is 0.563 bits per heavy atom. The number of guanidine groups is 4. The Bertz CT molecular complexity index is 4230. The van der Waals surface area contributed by atoms with Crippen LogP contribution in [0.15, 0.2) is 170 Å². The smallest absolute Gasteiger partial charge is 0.244 e. The Labute approximate surface area is 778 Å². The summed E-state index contributed by atoms with van der Waals surface area (Å²) in [5.74, 6) is 8.24.